The molecule has 0 aromatic carbocycles. The van der Waals surface area contributed by atoms with Crippen LogP contribution >= 0.6 is 24.0 Å². The van der Waals surface area contributed by atoms with E-state index >= 15 is 0 Å². The Labute approximate surface area is 56.3 Å². The zero-order valence-electron chi connectivity index (χ0n) is 4.00. The molecule has 8 heavy (non-hydrogen) atoms. The highest BCUT2D eigenvalue weighted by Gasteiger charge is 1.95. The molecule has 2 N–H and O–H groups in total. The summed E-state index contributed by atoms with van der Waals surface area (Å²) in [6.45, 7) is 0.439. The monoisotopic (exact) mass is 146 g/mol. The van der Waals surface area contributed by atoms with E-state index in [1.165, 1.54) is 11.3 Å². The summed E-state index contributed by atoms with van der Waals surface area (Å²) < 4.78 is 0.561. The van der Waals surface area contributed by atoms with Gasteiger partial charge in [-0.15, -0.1) is 10.2 Å². The van der Waals surface area contributed by atoms with Gasteiger partial charge in [0, 0.05) is 6.54 Å². The minimum absolute atomic E-state index is 0.439. The quantitative estimate of drug-likeness (QED) is 0.629. The van der Waals surface area contributed by atoms with Crippen molar-refractivity contribution in [2.45, 2.75) is 10.9 Å². The molecule has 0 amide bonds. The fraction of sp³-hybridized carbons (Fsp3) is 0.333. The molecule has 43 valence electrons. The number of hydrogen-bond acceptors (Lipinski definition) is 4. The molecule has 0 aliphatic rings. The lowest BCUT2D eigenvalue weighted by molar-refractivity contribution is 0.928. The van der Waals surface area contributed by atoms with Crippen molar-refractivity contribution in [2.75, 3.05) is 0 Å². The Hall–Kier alpha value is -0.260. The van der Waals surface area contributed by atoms with Gasteiger partial charge in [0.25, 0.3) is 0 Å². The minimum Gasteiger partial charge on any atom is -0.324 e. The summed E-state index contributed by atoms with van der Waals surface area (Å²) >= 11 is 6.04. The summed E-state index contributed by atoms with van der Waals surface area (Å²) in [5.41, 5.74) is 5.22. The fourth-order valence-corrected chi connectivity index (χ4v) is 1.10. The van der Waals surface area contributed by atoms with Crippen LogP contribution < -0.4 is 5.73 Å². The van der Waals surface area contributed by atoms with Crippen LogP contribution in [0.25, 0.3) is 0 Å². The van der Waals surface area contributed by atoms with Gasteiger partial charge in [-0.05, 0) is 12.6 Å². The van der Waals surface area contributed by atoms with Crippen molar-refractivity contribution in [3.63, 3.8) is 0 Å². The lowest BCUT2D eigenvalue weighted by Gasteiger charge is -1.76. The van der Waals surface area contributed by atoms with E-state index in [0.717, 1.165) is 5.01 Å². The van der Waals surface area contributed by atoms with E-state index in [-0.39, 0.29) is 0 Å². The van der Waals surface area contributed by atoms with E-state index in [4.69, 9.17) is 5.73 Å². The first-order valence-corrected chi connectivity index (χ1v) is 3.25. The average molecular weight is 146 g/mol. The first-order chi connectivity index (χ1) is 3.83. The van der Waals surface area contributed by atoms with Crippen molar-refractivity contribution in [1.82, 2.24) is 10.2 Å². The van der Waals surface area contributed by atoms with Gasteiger partial charge in [-0.25, -0.2) is 0 Å². The van der Waals surface area contributed by atoms with Gasteiger partial charge in [-0.1, -0.05) is 11.3 Å². The Morgan fingerprint density at radius 3 is 2.62 bits per heavy atom. The zero-order chi connectivity index (χ0) is 5.98. The molecule has 0 atom stereocenters. The smallest absolute Gasteiger partial charge is 0.204 e. The van der Waals surface area contributed by atoms with E-state index < -0.39 is 0 Å². The van der Waals surface area contributed by atoms with Crippen LogP contribution in [-0.2, 0) is 6.54 Å². The van der Waals surface area contributed by atoms with Gasteiger partial charge in [0.15, 0.2) is 0 Å². The largest absolute Gasteiger partial charge is 0.324 e. The Bertz CT molecular complexity index is 173. The maximum absolute atomic E-state index is 5.22. The molecule has 1 aromatic heterocycles. The maximum atomic E-state index is 5.22. The lowest BCUT2D eigenvalue weighted by atomic mass is 10.7. The summed E-state index contributed by atoms with van der Waals surface area (Å²) in [5.74, 6) is 0. The zero-order valence-corrected chi connectivity index (χ0v) is 5.63. The number of hydrogen-bond donors (Lipinski definition) is 1. The summed E-state index contributed by atoms with van der Waals surface area (Å²) in [5, 5.41) is 8.07. The molecule has 0 unspecified atom stereocenters. The number of nitrogens with zero attached hydrogens (tertiary/aromatic N) is 2. The van der Waals surface area contributed by atoms with Crippen LogP contribution in [0, 0.1) is 0 Å². The topological polar surface area (TPSA) is 51.8 Å². The second-order valence-corrected chi connectivity index (χ2v) is 2.87. The number of rotatable bonds is 1. The van der Waals surface area contributed by atoms with Crippen LogP contribution in [0.3, 0.4) is 0 Å². The van der Waals surface area contributed by atoms with E-state index in [0.29, 0.717) is 10.9 Å². The Balaban J connectivity index is 2.84. The maximum Gasteiger partial charge on any atom is 0.204 e. The molecule has 0 fully saturated rings. The second kappa shape index (κ2) is 2.34. The molecule has 0 aliphatic carbocycles. The van der Waals surface area contributed by atoms with Crippen molar-refractivity contribution in [3.8, 4) is 0 Å². The number of aromatic nitrogens is 2. The van der Waals surface area contributed by atoms with Crippen LogP contribution in [0.5, 0.6) is 0 Å². The molecular weight excluding hydrogens is 142 g/mol. The highest BCUT2D eigenvalue weighted by molar-refractivity contribution is 7.82. The molecule has 5 heteroatoms. The van der Waals surface area contributed by atoms with Gasteiger partial charge >= 0.3 is 0 Å². The second-order valence-electron chi connectivity index (χ2n) is 1.17. The standard InChI is InChI=1S/C3H4N3S2/c4-1-2-5-6-3(7)8-2/h1,4H2. The van der Waals surface area contributed by atoms with Gasteiger partial charge in [0.2, 0.25) is 4.34 Å². The number of nitrogens with two attached hydrogens (primary N) is 1. The molecular formula is C3H4N3S2. The van der Waals surface area contributed by atoms with Crippen LogP contribution in [-0.4, -0.2) is 10.2 Å². The van der Waals surface area contributed by atoms with Crippen LogP contribution in [0.1, 0.15) is 5.01 Å². The molecule has 1 radical (unpaired) electrons. The highest BCUT2D eigenvalue weighted by atomic mass is 32.2. The van der Waals surface area contributed by atoms with E-state index in [1.54, 1.807) is 0 Å². The highest BCUT2D eigenvalue weighted by Crippen LogP contribution is 2.11. The molecule has 0 saturated carbocycles. The molecule has 0 bridgehead atoms. The van der Waals surface area contributed by atoms with Crippen LogP contribution in [0.2, 0.25) is 0 Å². The van der Waals surface area contributed by atoms with Gasteiger partial charge in [0.1, 0.15) is 5.01 Å². The fourth-order valence-electron chi connectivity index (χ4n) is 0.321. The normalized spacial score (nSPS) is 9.62. The van der Waals surface area contributed by atoms with E-state index in [1.807, 2.05) is 0 Å². The first kappa shape index (κ1) is 5.87. The summed E-state index contributed by atoms with van der Waals surface area (Å²) in [4.78, 5) is 0. The summed E-state index contributed by atoms with van der Waals surface area (Å²) in [6, 6.07) is 0. The van der Waals surface area contributed by atoms with Crippen molar-refractivity contribution in [2.24, 2.45) is 5.73 Å². The summed E-state index contributed by atoms with van der Waals surface area (Å²) in [7, 11) is 0. The Morgan fingerprint density at radius 1 is 1.62 bits per heavy atom. The Morgan fingerprint density at radius 2 is 2.38 bits per heavy atom. The van der Waals surface area contributed by atoms with E-state index in [9.17, 15) is 0 Å². The molecule has 1 rings (SSSR count). The van der Waals surface area contributed by atoms with Crippen molar-refractivity contribution in [1.29, 1.82) is 0 Å². The van der Waals surface area contributed by atoms with Crippen molar-refractivity contribution >= 4 is 24.0 Å². The van der Waals surface area contributed by atoms with Gasteiger partial charge < -0.3 is 5.73 Å². The average Bonchev–Trinajstić information content (AvgIpc) is 2.14. The molecule has 0 spiro atoms. The van der Waals surface area contributed by atoms with Gasteiger partial charge in [0.05, 0.1) is 0 Å². The molecule has 1 heterocycles. The molecule has 0 aliphatic heterocycles. The van der Waals surface area contributed by atoms with Gasteiger partial charge in [-0.3, -0.25) is 0 Å². The van der Waals surface area contributed by atoms with Crippen LogP contribution in [0.4, 0.5) is 0 Å². The minimum atomic E-state index is 0.439. The van der Waals surface area contributed by atoms with Gasteiger partial charge in [-0.2, -0.15) is 0 Å². The third-order valence-electron chi connectivity index (χ3n) is 0.623. The third kappa shape index (κ3) is 1.12. The molecule has 0 saturated heterocycles. The Kier molecular flexibility index (Phi) is 1.72. The lowest BCUT2D eigenvalue weighted by Crippen LogP contribution is -1.94. The molecule has 1 aromatic rings. The van der Waals surface area contributed by atoms with Crippen molar-refractivity contribution in [3.05, 3.63) is 5.01 Å². The first-order valence-electron chi connectivity index (χ1n) is 2.02. The summed E-state index contributed by atoms with van der Waals surface area (Å²) in [6.07, 6.45) is 0. The predicted molar refractivity (Wildman–Crippen MR) is 33.7 cm³/mol. The van der Waals surface area contributed by atoms with Crippen LogP contribution in [0.15, 0.2) is 4.34 Å². The molecule has 3 nitrogen and oxygen atoms in total. The van der Waals surface area contributed by atoms with Crippen molar-refractivity contribution < 1.29 is 0 Å². The third-order valence-corrected chi connectivity index (χ3v) is 1.69. The SMILES string of the molecule is NCc1nnc([S])s1. The predicted octanol–water partition coefficient (Wildman–Crippen LogP) is 0.553. The van der Waals surface area contributed by atoms with E-state index in [2.05, 4.69) is 22.8 Å².